The van der Waals surface area contributed by atoms with E-state index >= 15 is 0 Å². The van der Waals surface area contributed by atoms with Crippen molar-refractivity contribution < 1.29 is 4.79 Å². The highest BCUT2D eigenvalue weighted by molar-refractivity contribution is 5.71. The molecule has 0 atom stereocenters. The first-order valence-corrected chi connectivity index (χ1v) is 4.91. The molecule has 14 heavy (non-hydrogen) atoms. The van der Waals surface area contributed by atoms with Crippen LogP contribution >= 0.6 is 0 Å². The molecule has 0 radical (unpaired) electrons. The standard InChI is InChI=1S/C12H17NO/c1-4-12(2,3)10-6-5-7-11(8-10)13-9-14/h5-9H,4H2,1-3H3,(H,13,14). The monoisotopic (exact) mass is 191 g/mol. The number of hydrogen-bond donors (Lipinski definition) is 1. The molecule has 1 amide bonds. The van der Waals surface area contributed by atoms with Crippen molar-refractivity contribution in [1.29, 1.82) is 0 Å². The van der Waals surface area contributed by atoms with Crippen LogP contribution in [0.2, 0.25) is 0 Å². The fraction of sp³-hybridized carbons (Fsp3) is 0.417. The Morgan fingerprint density at radius 2 is 2.14 bits per heavy atom. The first kappa shape index (κ1) is 10.8. The van der Waals surface area contributed by atoms with Crippen LogP contribution in [0, 0.1) is 0 Å². The molecular weight excluding hydrogens is 174 g/mol. The molecule has 0 heterocycles. The van der Waals surface area contributed by atoms with Crippen molar-refractivity contribution in [2.45, 2.75) is 32.6 Å². The molecule has 1 aromatic rings. The quantitative estimate of drug-likeness (QED) is 0.728. The Bertz CT molecular complexity index is 318. The minimum Gasteiger partial charge on any atom is -0.329 e. The Balaban J connectivity index is 2.98. The van der Waals surface area contributed by atoms with E-state index in [-0.39, 0.29) is 5.41 Å². The van der Waals surface area contributed by atoms with Crippen LogP contribution in [0.3, 0.4) is 0 Å². The van der Waals surface area contributed by atoms with Crippen LogP contribution in [0.4, 0.5) is 5.69 Å². The average molecular weight is 191 g/mol. The third-order valence-corrected chi connectivity index (χ3v) is 2.75. The third-order valence-electron chi connectivity index (χ3n) is 2.75. The molecule has 0 aromatic heterocycles. The van der Waals surface area contributed by atoms with Gasteiger partial charge in [-0.3, -0.25) is 4.79 Å². The lowest BCUT2D eigenvalue weighted by Crippen LogP contribution is -2.15. The summed E-state index contributed by atoms with van der Waals surface area (Å²) in [4.78, 5) is 10.3. The Labute approximate surface area is 85.3 Å². The molecule has 76 valence electrons. The predicted molar refractivity (Wildman–Crippen MR) is 59.4 cm³/mol. The van der Waals surface area contributed by atoms with E-state index in [9.17, 15) is 4.79 Å². The maximum Gasteiger partial charge on any atom is 0.211 e. The highest BCUT2D eigenvalue weighted by atomic mass is 16.1. The minimum atomic E-state index is 0.167. The molecule has 0 aliphatic rings. The second kappa shape index (κ2) is 4.27. The Kier molecular flexibility index (Phi) is 3.28. The molecule has 2 nitrogen and oxygen atoms in total. The summed E-state index contributed by atoms with van der Waals surface area (Å²) in [5.41, 5.74) is 2.28. The lowest BCUT2D eigenvalue weighted by atomic mass is 9.82. The van der Waals surface area contributed by atoms with E-state index in [1.54, 1.807) is 0 Å². The number of nitrogens with one attached hydrogen (secondary N) is 1. The van der Waals surface area contributed by atoms with Gasteiger partial charge in [0.15, 0.2) is 0 Å². The maximum absolute atomic E-state index is 10.3. The van der Waals surface area contributed by atoms with Crippen molar-refractivity contribution in [2.24, 2.45) is 0 Å². The number of carbonyl (C=O) groups is 1. The molecule has 0 saturated carbocycles. The van der Waals surface area contributed by atoms with E-state index in [1.807, 2.05) is 18.2 Å². The second-order valence-corrected chi connectivity index (χ2v) is 4.08. The average Bonchev–Trinajstić information content (AvgIpc) is 2.19. The Morgan fingerprint density at radius 1 is 1.43 bits per heavy atom. The molecular formula is C12H17NO. The van der Waals surface area contributed by atoms with Gasteiger partial charge in [0.05, 0.1) is 0 Å². The number of rotatable bonds is 4. The van der Waals surface area contributed by atoms with Crippen LogP contribution in [-0.2, 0) is 10.2 Å². The molecule has 2 heteroatoms. The van der Waals surface area contributed by atoms with Gasteiger partial charge in [-0.2, -0.15) is 0 Å². The van der Waals surface area contributed by atoms with Crippen LogP contribution < -0.4 is 5.32 Å². The van der Waals surface area contributed by atoms with Crippen LogP contribution in [0.1, 0.15) is 32.8 Å². The SMILES string of the molecule is CCC(C)(C)c1cccc(NC=O)c1. The van der Waals surface area contributed by atoms with E-state index in [0.29, 0.717) is 6.41 Å². The highest BCUT2D eigenvalue weighted by Crippen LogP contribution is 2.28. The first-order valence-electron chi connectivity index (χ1n) is 4.91. The van der Waals surface area contributed by atoms with Crippen molar-refractivity contribution in [3.8, 4) is 0 Å². The Morgan fingerprint density at radius 3 is 2.71 bits per heavy atom. The van der Waals surface area contributed by atoms with Crippen molar-refractivity contribution in [2.75, 3.05) is 5.32 Å². The summed E-state index contributed by atoms with van der Waals surface area (Å²) in [6.07, 6.45) is 1.79. The van der Waals surface area contributed by atoms with Gasteiger partial charge in [-0.25, -0.2) is 0 Å². The summed E-state index contributed by atoms with van der Waals surface area (Å²) < 4.78 is 0. The normalized spacial score (nSPS) is 11.1. The topological polar surface area (TPSA) is 29.1 Å². The first-order chi connectivity index (χ1) is 6.60. The number of hydrogen-bond acceptors (Lipinski definition) is 1. The smallest absolute Gasteiger partial charge is 0.211 e. The predicted octanol–water partition coefficient (Wildman–Crippen LogP) is 2.94. The molecule has 1 N–H and O–H groups in total. The fourth-order valence-electron chi connectivity index (χ4n) is 1.30. The van der Waals surface area contributed by atoms with Gasteiger partial charge in [0.1, 0.15) is 0 Å². The zero-order valence-electron chi connectivity index (χ0n) is 9.00. The Hall–Kier alpha value is -1.31. The van der Waals surface area contributed by atoms with E-state index in [1.165, 1.54) is 5.56 Å². The van der Waals surface area contributed by atoms with Crippen molar-refractivity contribution in [3.05, 3.63) is 29.8 Å². The van der Waals surface area contributed by atoms with Gasteiger partial charge in [0.25, 0.3) is 0 Å². The van der Waals surface area contributed by atoms with Crippen LogP contribution in [-0.4, -0.2) is 6.41 Å². The van der Waals surface area contributed by atoms with Gasteiger partial charge < -0.3 is 5.32 Å². The summed E-state index contributed by atoms with van der Waals surface area (Å²) >= 11 is 0. The van der Waals surface area contributed by atoms with E-state index in [4.69, 9.17) is 0 Å². The number of benzene rings is 1. The van der Waals surface area contributed by atoms with Gasteiger partial charge in [-0.05, 0) is 29.5 Å². The summed E-state index contributed by atoms with van der Waals surface area (Å²) in [5, 5.41) is 2.66. The van der Waals surface area contributed by atoms with Crippen LogP contribution in [0.25, 0.3) is 0 Å². The van der Waals surface area contributed by atoms with Crippen LogP contribution in [0.5, 0.6) is 0 Å². The van der Waals surface area contributed by atoms with Gasteiger partial charge in [0, 0.05) is 5.69 Å². The molecule has 0 spiro atoms. The zero-order chi connectivity index (χ0) is 10.6. The van der Waals surface area contributed by atoms with Gasteiger partial charge >= 0.3 is 0 Å². The second-order valence-electron chi connectivity index (χ2n) is 4.08. The van der Waals surface area contributed by atoms with E-state index in [2.05, 4.69) is 32.2 Å². The summed E-state index contributed by atoms with van der Waals surface area (Å²) in [6, 6.07) is 7.99. The molecule has 1 aromatic carbocycles. The molecule has 0 saturated heterocycles. The van der Waals surface area contributed by atoms with Gasteiger partial charge in [0.2, 0.25) is 6.41 Å². The third kappa shape index (κ3) is 2.34. The van der Waals surface area contributed by atoms with Crippen LogP contribution in [0.15, 0.2) is 24.3 Å². The van der Waals surface area contributed by atoms with E-state index < -0.39 is 0 Å². The number of amides is 1. The highest BCUT2D eigenvalue weighted by Gasteiger charge is 2.17. The molecule has 0 aliphatic heterocycles. The van der Waals surface area contributed by atoms with Crippen molar-refractivity contribution >= 4 is 12.1 Å². The summed E-state index contributed by atoms with van der Waals surface area (Å²) in [7, 11) is 0. The van der Waals surface area contributed by atoms with E-state index in [0.717, 1.165) is 12.1 Å². The molecule has 0 bridgehead atoms. The lowest BCUT2D eigenvalue weighted by Gasteiger charge is -2.23. The van der Waals surface area contributed by atoms with Crippen molar-refractivity contribution in [3.63, 3.8) is 0 Å². The summed E-state index contributed by atoms with van der Waals surface area (Å²) in [6.45, 7) is 6.57. The van der Waals surface area contributed by atoms with Crippen molar-refractivity contribution in [1.82, 2.24) is 0 Å². The minimum absolute atomic E-state index is 0.167. The summed E-state index contributed by atoms with van der Waals surface area (Å²) in [5.74, 6) is 0. The largest absolute Gasteiger partial charge is 0.329 e. The van der Waals surface area contributed by atoms with Gasteiger partial charge in [-0.15, -0.1) is 0 Å². The number of carbonyl (C=O) groups excluding carboxylic acids is 1. The molecule has 0 fully saturated rings. The van der Waals surface area contributed by atoms with Gasteiger partial charge in [-0.1, -0.05) is 32.9 Å². The molecule has 0 unspecified atom stereocenters. The molecule has 1 rings (SSSR count). The number of anilines is 1. The maximum atomic E-state index is 10.3. The zero-order valence-corrected chi connectivity index (χ0v) is 9.00. The molecule has 0 aliphatic carbocycles. The lowest BCUT2D eigenvalue weighted by molar-refractivity contribution is -0.105. The fourth-order valence-corrected chi connectivity index (χ4v) is 1.30.